The van der Waals surface area contributed by atoms with Crippen molar-refractivity contribution in [2.24, 2.45) is 4.99 Å². The van der Waals surface area contributed by atoms with Crippen LogP contribution in [-0.2, 0) is 0 Å². The number of hydrogen-bond acceptors (Lipinski definition) is 7. The van der Waals surface area contributed by atoms with Crippen LogP contribution in [-0.4, -0.2) is 47.1 Å². The molecular weight excluding hydrogens is 365 g/mol. The Labute approximate surface area is 160 Å². The molecule has 1 aromatic heterocycles. The van der Waals surface area contributed by atoms with Gasteiger partial charge in [0, 0.05) is 31.0 Å². The highest BCUT2D eigenvalue weighted by Gasteiger charge is 2.31. The zero-order valence-corrected chi connectivity index (χ0v) is 15.3. The summed E-state index contributed by atoms with van der Waals surface area (Å²) in [7, 11) is 1.39. The van der Waals surface area contributed by atoms with E-state index < -0.39 is 11.9 Å². The zero-order chi connectivity index (χ0) is 20.0. The Morgan fingerprint density at radius 2 is 2.21 bits per heavy atom. The minimum absolute atomic E-state index is 0.0554. The van der Waals surface area contributed by atoms with Gasteiger partial charge < -0.3 is 21.1 Å². The maximum Gasteiger partial charge on any atom is 0.413 e. The van der Waals surface area contributed by atoms with Crippen molar-refractivity contribution in [3.05, 3.63) is 41.0 Å². The van der Waals surface area contributed by atoms with Crippen LogP contribution in [0.1, 0.15) is 11.1 Å². The molecule has 28 heavy (non-hydrogen) atoms. The van der Waals surface area contributed by atoms with Gasteiger partial charge in [0.15, 0.2) is 5.84 Å². The smallest absolute Gasteiger partial charge is 0.413 e. The van der Waals surface area contributed by atoms with Crippen molar-refractivity contribution in [2.75, 3.05) is 41.0 Å². The van der Waals surface area contributed by atoms with Crippen molar-refractivity contribution in [3.63, 3.8) is 0 Å². The fourth-order valence-corrected chi connectivity index (χ4v) is 3.10. The van der Waals surface area contributed by atoms with Gasteiger partial charge in [-0.1, -0.05) is 0 Å². The average Bonchev–Trinajstić information content (AvgIpc) is 3.15. The summed E-state index contributed by atoms with van der Waals surface area (Å²) < 4.78 is 13.6. The lowest BCUT2D eigenvalue weighted by molar-refractivity contribution is 0.203. The van der Waals surface area contributed by atoms with Gasteiger partial charge in [-0.15, -0.1) is 0 Å². The molecule has 0 aliphatic carbocycles. The quantitative estimate of drug-likeness (QED) is 0.696. The third kappa shape index (κ3) is 2.88. The molecule has 0 radical (unpaired) electrons. The number of nitrogens with two attached hydrogens (primary N) is 1. The molecule has 2 aromatic rings. The Balaban J connectivity index is 1.75. The van der Waals surface area contributed by atoms with Crippen LogP contribution in [0.25, 0.3) is 6.08 Å². The van der Waals surface area contributed by atoms with Crippen molar-refractivity contribution >= 4 is 41.1 Å². The van der Waals surface area contributed by atoms with Gasteiger partial charge in [-0.2, -0.15) is 4.98 Å². The Morgan fingerprint density at radius 3 is 2.96 bits per heavy atom. The van der Waals surface area contributed by atoms with Gasteiger partial charge >= 0.3 is 6.09 Å². The lowest BCUT2D eigenvalue weighted by atomic mass is 10.1. The number of nitrogens with zero attached hydrogens (tertiary/aromatic N) is 5. The lowest BCUT2D eigenvalue weighted by Crippen LogP contribution is -2.36. The Hall–Kier alpha value is -3.69. The molecule has 10 heteroatoms. The zero-order valence-electron chi connectivity index (χ0n) is 15.3. The topological polar surface area (TPSA) is 120 Å². The van der Waals surface area contributed by atoms with Crippen LogP contribution in [0, 0.1) is 12.7 Å². The van der Waals surface area contributed by atoms with Crippen LogP contribution in [0.15, 0.2) is 29.0 Å². The third-order valence-corrected chi connectivity index (χ3v) is 4.62. The van der Waals surface area contributed by atoms with E-state index in [1.165, 1.54) is 13.1 Å². The molecule has 0 fully saturated rings. The van der Waals surface area contributed by atoms with Crippen LogP contribution in [0.5, 0.6) is 0 Å². The number of benzene rings is 1. The summed E-state index contributed by atoms with van der Waals surface area (Å²) >= 11 is 0. The number of aliphatic imine (C=N–C) groups is 1. The minimum Gasteiger partial charge on any atom is -0.465 e. The van der Waals surface area contributed by atoms with E-state index in [0.29, 0.717) is 41.7 Å². The Kier molecular flexibility index (Phi) is 4.10. The van der Waals surface area contributed by atoms with Gasteiger partial charge in [-0.3, -0.25) is 4.99 Å². The second-order valence-electron chi connectivity index (χ2n) is 6.52. The number of amides is 1. The summed E-state index contributed by atoms with van der Waals surface area (Å²) in [5.74, 6) is 0.895. The molecule has 2 aliphatic rings. The van der Waals surface area contributed by atoms with Crippen molar-refractivity contribution in [1.82, 2.24) is 9.97 Å². The van der Waals surface area contributed by atoms with Gasteiger partial charge in [0.1, 0.15) is 11.6 Å². The number of carbonyl (C=O) groups is 1. The molecule has 0 unspecified atom stereocenters. The van der Waals surface area contributed by atoms with Crippen molar-refractivity contribution in [2.45, 2.75) is 6.92 Å². The van der Waals surface area contributed by atoms with Gasteiger partial charge in [-0.25, -0.2) is 19.1 Å². The van der Waals surface area contributed by atoms with Crippen LogP contribution >= 0.6 is 0 Å². The molecule has 1 amide bonds. The van der Waals surface area contributed by atoms with Gasteiger partial charge in [-0.05, 0) is 30.7 Å². The molecule has 0 bridgehead atoms. The normalized spacial score (nSPS) is 14.8. The highest BCUT2D eigenvalue weighted by molar-refractivity contribution is 6.18. The van der Waals surface area contributed by atoms with Crippen molar-refractivity contribution in [3.8, 4) is 0 Å². The number of rotatable bonds is 3. The summed E-state index contributed by atoms with van der Waals surface area (Å²) in [5, 5.41) is 12.4. The Morgan fingerprint density at radius 1 is 1.43 bits per heavy atom. The summed E-state index contributed by atoms with van der Waals surface area (Å²) in [4.78, 5) is 27.1. The SMILES string of the molecule is Cc1cc(F)c(N)cc1NC1=Cc2cnc(N(C)C(=O)O)nc2N2CCN=C12. The number of anilines is 4. The van der Waals surface area contributed by atoms with Crippen LogP contribution < -0.4 is 20.9 Å². The predicted octanol–water partition coefficient (Wildman–Crippen LogP) is 2.31. The number of hydrogen-bond donors (Lipinski definition) is 3. The van der Waals surface area contributed by atoms with Gasteiger partial charge in [0.2, 0.25) is 5.95 Å². The lowest BCUT2D eigenvalue weighted by Gasteiger charge is -2.28. The number of carboxylic acid groups (broad SMARTS) is 1. The summed E-state index contributed by atoms with van der Waals surface area (Å²) in [6, 6.07) is 2.92. The van der Waals surface area contributed by atoms with E-state index in [-0.39, 0.29) is 11.6 Å². The molecule has 9 nitrogen and oxygen atoms in total. The minimum atomic E-state index is -1.15. The molecule has 0 saturated carbocycles. The average molecular weight is 383 g/mol. The fourth-order valence-electron chi connectivity index (χ4n) is 3.10. The summed E-state index contributed by atoms with van der Waals surface area (Å²) in [6.07, 6.45) is 2.26. The number of aryl methyl sites for hydroxylation is 1. The molecule has 1 aromatic carbocycles. The summed E-state index contributed by atoms with van der Waals surface area (Å²) in [5.41, 5.74) is 8.57. The predicted molar refractivity (Wildman–Crippen MR) is 105 cm³/mol. The maximum atomic E-state index is 13.6. The summed E-state index contributed by atoms with van der Waals surface area (Å²) in [6.45, 7) is 2.97. The molecule has 4 N–H and O–H groups in total. The van der Waals surface area contributed by atoms with Gasteiger partial charge in [0.05, 0.1) is 17.9 Å². The number of aromatic nitrogens is 2. The van der Waals surface area contributed by atoms with Crippen molar-refractivity contribution in [1.29, 1.82) is 0 Å². The highest BCUT2D eigenvalue weighted by Crippen LogP contribution is 2.33. The first-order valence-corrected chi connectivity index (χ1v) is 8.55. The van der Waals surface area contributed by atoms with Crippen LogP contribution in [0.2, 0.25) is 0 Å². The van der Waals surface area contributed by atoms with E-state index in [1.807, 2.05) is 11.0 Å². The van der Waals surface area contributed by atoms with E-state index in [2.05, 4.69) is 20.3 Å². The first-order valence-electron chi connectivity index (χ1n) is 8.55. The van der Waals surface area contributed by atoms with E-state index in [4.69, 9.17) is 10.8 Å². The fraction of sp³-hybridized carbons (Fsp3) is 0.222. The van der Waals surface area contributed by atoms with Crippen molar-refractivity contribution < 1.29 is 14.3 Å². The molecule has 0 spiro atoms. The molecule has 144 valence electrons. The number of amidine groups is 1. The van der Waals surface area contributed by atoms with E-state index in [9.17, 15) is 9.18 Å². The third-order valence-electron chi connectivity index (χ3n) is 4.62. The molecule has 4 rings (SSSR count). The molecular formula is C18H18FN7O2. The van der Waals surface area contributed by atoms with E-state index in [0.717, 1.165) is 10.5 Å². The molecule has 0 atom stereocenters. The highest BCUT2D eigenvalue weighted by atomic mass is 19.1. The monoisotopic (exact) mass is 383 g/mol. The molecule has 2 aliphatic heterocycles. The molecule has 0 saturated heterocycles. The van der Waals surface area contributed by atoms with E-state index in [1.54, 1.807) is 19.2 Å². The van der Waals surface area contributed by atoms with E-state index >= 15 is 0 Å². The second-order valence-corrected chi connectivity index (χ2v) is 6.52. The van der Waals surface area contributed by atoms with Gasteiger partial charge in [0.25, 0.3) is 0 Å². The number of fused-ring (bicyclic) bond motifs is 3. The number of halogens is 1. The van der Waals surface area contributed by atoms with Crippen LogP contribution in [0.4, 0.5) is 32.3 Å². The first-order chi connectivity index (χ1) is 13.3. The molecule has 3 heterocycles. The maximum absolute atomic E-state index is 13.6. The van der Waals surface area contributed by atoms with Crippen LogP contribution in [0.3, 0.4) is 0 Å². The number of nitrogens with one attached hydrogen (secondary N) is 1. The Bertz CT molecular complexity index is 1050. The first kappa shape index (κ1) is 17.7. The largest absolute Gasteiger partial charge is 0.465 e. The number of nitrogen functional groups attached to an aromatic ring is 1. The second kappa shape index (κ2) is 6.48. The standard InChI is InChI=1S/C18H18FN7O2/c1-9-5-11(19)12(20)7-13(9)23-14-6-10-8-22-17(25(2)18(27)28)24-15(10)26-4-3-21-16(14)26/h5-8,23H,3-4,20H2,1-2H3,(H,27,28).